The molecule has 0 aliphatic carbocycles. The van der Waals surface area contributed by atoms with Crippen LogP contribution < -0.4 is 5.56 Å². The van der Waals surface area contributed by atoms with E-state index in [2.05, 4.69) is 4.98 Å². The van der Waals surface area contributed by atoms with Gasteiger partial charge in [-0.15, -0.1) is 0 Å². The van der Waals surface area contributed by atoms with Crippen molar-refractivity contribution in [1.29, 1.82) is 0 Å². The molecule has 1 aromatic heterocycles. The van der Waals surface area contributed by atoms with Crippen molar-refractivity contribution in [2.45, 2.75) is 6.92 Å². The van der Waals surface area contributed by atoms with Crippen molar-refractivity contribution < 1.29 is 9.18 Å². The number of hydrogen-bond acceptors (Lipinski definition) is 2. The number of carbonyl (C=O) groups is 1. The van der Waals surface area contributed by atoms with Gasteiger partial charge in [0.15, 0.2) is 5.78 Å². The Morgan fingerprint density at radius 1 is 0.931 bits per heavy atom. The Hall–Kier alpha value is -3.79. The van der Waals surface area contributed by atoms with E-state index in [1.807, 2.05) is 49.4 Å². The van der Waals surface area contributed by atoms with E-state index in [-0.39, 0.29) is 11.1 Å². The Labute approximate surface area is 167 Å². The number of hydrogen-bond donors (Lipinski definition) is 1. The maximum absolute atomic E-state index is 13.9. The second kappa shape index (κ2) is 7.68. The van der Waals surface area contributed by atoms with Crippen molar-refractivity contribution in [2.75, 3.05) is 0 Å². The number of allylic oxidation sites excluding steroid dienone is 1. The number of fused-ring (bicyclic) bond motifs is 1. The normalized spacial score (nSPS) is 11.2. The fourth-order valence-electron chi connectivity index (χ4n) is 3.36. The van der Waals surface area contributed by atoms with E-state index in [1.165, 1.54) is 18.2 Å². The van der Waals surface area contributed by atoms with Crippen LogP contribution in [0.1, 0.15) is 21.5 Å². The van der Waals surface area contributed by atoms with E-state index in [9.17, 15) is 14.0 Å². The SMILES string of the molecule is Cc1ccc(-c2c(C(=O)C=Cc3ccccc3F)c(=O)[nH]c3ccccc23)cc1. The van der Waals surface area contributed by atoms with Gasteiger partial charge in [-0.2, -0.15) is 0 Å². The predicted molar refractivity (Wildman–Crippen MR) is 115 cm³/mol. The van der Waals surface area contributed by atoms with Crippen molar-refractivity contribution in [3.63, 3.8) is 0 Å². The Bertz CT molecular complexity index is 1300. The average Bonchev–Trinajstić information content (AvgIpc) is 2.72. The molecule has 142 valence electrons. The Morgan fingerprint density at radius 2 is 1.62 bits per heavy atom. The highest BCUT2D eigenvalue weighted by Crippen LogP contribution is 2.30. The second-order valence-electron chi connectivity index (χ2n) is 6.83. The van der Waals surface area contributed by atoms with Crippen LogP contribution in [-0.2, 0) is 0 Å². The summed E-state index contributed by atoms with van der Waals surface area (Å²) in [7, 11) is 0. The largest absolute Gasteiger partial charge is 0.321 e. The number of aromatic amines is 1. The van der Waals surface area contributed by atoms with Gasteiger partial charge in [0.2, 0.25) is 0 Å². The Morgan fingerprint density at radius 3 is 2.38 bits per heavy atom. The van der Waals surface area contributed by atoms with E-state index in [1.54, 1.807) is 24.3 Å². The number of benzene rings is 3. The van der Waals surface area contributed by atoms with Gasteiger partial charge in [-0.3, -0.25) is 9.59 Å². The van der Waals surface area contributed by atoms with Crippen LogP contribution in [0.3, 0.4) is 0 Å². The number of pyridine rings is 1. The van der Waals surface area contributed by atoms with Gasteiger partial charge in [0.05, 0.1) is 5.56 Å². The molecular weight excluding hydrogens is 365 g/mol. The summed E-state index contributed by atoms with van der Waals surface area (Å²) >= 11 is 0. The van der Waals surface area contributed by atoms with Crippen LogP contribution in [-0.4, -0.2) is 10.8 Å². The first-order valence-electron chi connectivity index (χ1n) is 9.23. The number of nitrogens with one attached hydrogen (secondary N) is 1. The molecule has 0 unspecified atom stereocenters. The number of H-pyrrole nitrogens is 1. The second-order valence-corrected chi connectivity index (χ2v) is 6.83. The van der Waals surface area contributed by atoms with Gasteiger partial charge in [-0.1, -0.05) is 66.2 Å². The highest BCUT2D eigenvalue weighted by atomic mass is 19.1. The molecule has 3 aromatic carbocycles. The first kappa shape index (κ1) is 18.6. The zero-order valence-electron chi connectivity index (χ0n) is 15.8. The number of ketones is 1. The van der Waals surface area contributed by atoms with Gasteiger partial charge >= 0.3 is 0 Å². The van der Waals surface area contributed by atoms with Crippen molar-refractivity contribution in [3.8, 4) is 11.1 Å². The Balaban J connectivity index is 1.92. The minimum Gasteiger partial charge on any atom is -0.321 e. The van der Waals surface area contributed by atoms with Crippen molar-refractivity contribution in [2.24, 2.45) is 0 Å². The van der Waals surface area contributed by atoms with Gasteiger partial charge < -0.3 is 4.98 Å². The summed E-state index contributed by atoms with van der Waals surface area (Å²) in [6, 6.07) is 21.2. The average molecular weight is 383 g/mol. The third kappa shape index (κ3) is 3.65. The molecule has 0 spiro atoms. The van der Waals surface area contributed by atoms with Crippen LogP contribution in [0.2, 0.25) is 0 Å². The molecule has 3 nitrogen and oxygen atoms in total. The molecule has 29 heavy (non-hydrogen) atoms. The topological polar surface area (TPSA) is 49.9 Å². The van der Waals surface area contributed by atoms with E-state index < -0.39 is 17.2 Å². The van der Waals surface area contributed by atoms with E-state index in [0.29, 0.717) is 11.1 Å². The monoisotopic (exact) mass is 383 g/mol. The lowest BCUT2D eigenvalue weighted by Crippen LogP contribution is -2.18. The summed E-state index contributed by atoms with van der Waals surface area (Å²) in [5, 5.41) is 0.776. The molecule has 4 aromatic rings. The maximum Gasteiger partial charge on any atom is 0.260 e. The van der Waals surface area contributed by atoms with Crippen molar-refractivity contribution >= 4 is 22.8 Å². The predicted octanol–water partition coefficient (Wildman–Crippen LogP) is 5.54. The summed E-state index contributed by atoms with van der Waals surface area (Å²) in [6.45, 7) is 1.98. The number of halogens is 1. The third-order valence-corrected chi connectivity index (χ3v) is 4.83. The smallest absolute Gasteiger partial charge is 0.260 e. The number of para-hydroxylation sites is 1. The van der Waals surface area contributed by atoms with Gasteiger partial charge in [0.25, 0.3) is 5.56 Å². The quantitative estimate of drug-likeness (QED) is 0.372. The first-order valence-corrected chi connectivity index (χ1v) is 9.23. The molecule has 4 heteroatoms. The van der Waals surface area contributed by atoms with Crippen LogP contribution >= 0.6 is 0 Å². The van der Waals surface area contributed by atoms with Gasteiger partial charge in [-0.05, 0) is 36.8 Å². The van der Waals surface area contributed by atoms with Crippen molar-refractivity contribution in [1.82, 2.24) is 4.98 Å². The van der Waals surface area contributed by atoms with E-state index in [4.69, 9.17) is 0 Å². The van der Waals surface area contributed by atoms with Crippen LogP contribution in [0.15, 0.2) is 83.7 Å². The van der Waals surface area contributed by atoms with Crippen LogP contribution in [0.25, 0.3) is 28.1 Å². The van der Waals surface area contributed by atoms with Gasteiger partial charge in [0, 0.05) is 22.0 Å². The highest BCUT2D eigenvalue weighted by molar-refractivity contribution is 6.15. The lowest BCUT2D eigenvalue weighted by Gasteiger charge is -2.11. The molecule has 0 saturated heterocycles. The van der Waals surface area contributed by atoms with Crippen molar-refractivity contribution in [3.05, 3.63) is 112 Å². The molecular formula is C25H18FNO2. The first-order chi connectivity index (χ1) is 14.0. The number of aryl methyl sites for hydroxylation is 1. The maximum atomic E-state index is 13.9. The fourth-order valence-corrected chi connectivity index (χ4v) is 3.36. The molecule has 0 fully saturated rings. The highest BCUT2D eigenvalue weighted by Gasteiger charge is 2.19. The minimum atomic E-state index is -0.476. The summed E-state index contributed by atoms with van der Waals surface area (Å²) in [5.74, 6) is -0.904. The molecule has 4 rings (SSSR count). The molecule has 1 heterocycles. The molecule has 0 amide bonds. The Kier molecular flexibility index (Phi) is 4.92. The summed E-state index contributed by atoms with van der Waals surface area (Å²) in [5.41, 5.74) is 2.95. The number of rotatable bonds is 4. The molecule has 0 saturated carbocycles. The number of aromatic nitrogens is 1. The zero-order chi connectivity index (χ0) is 20.4. The number of carbonyl (C=O) groups excluding carboxylic acids is 1. The molecule has 0 radical (unpaired) electrons. The standard InChI is InChI=1S/C25H18FNO2/c1-16-10-12-18(13-11-16)23-19-7-3-5-9-21(19)27-25(29)24(23)22(28)15-14-17-6-2-4-8-20(17)26/h2-15H,1H3,(H,27,29). The van der Waals surface area contributed by atoms with Gasteiger partial charge in [-0.25, -0.2) is 4.39 Å². The molecule has 1 N–H and O–H groups in total. The summed E-state index contributed by atoms with van der Waals surface area (Å²) in [4.78, 5) is 28.6. The van der Waals surface area contributed by atoms with E-state index >= 15 is 0 Å². The zero-order valence-corrected chi connectivity index (χ0v) is 15.8. The van der Waals surface area contributed by atoms with Crippen LogP contribution in [0, 0.1) is 12.7 Å². The molecule has 0 aliphatic heterocycles. The van der Waals surface area contributed by atoms with Gasteiger partial charge in [0.1, 0.15) is 5.82 Å². The van der Waals surface area contributed by atoms with Crippen LogP contribution in [0.4, 0.5) is 4.39 Å². The van der Waals surface area contributed by atoms with Crippen LogP contribution in [0.5, 0.6) is 0 Å². The molecule has 0 atom stereocenters. The molecule has 0 aliphatic rings. The summed E-state index contributed by atoms with van der Waals surface area (Å²) < 4.78 is 13.9. The lowest BCUT2D eigenvalue weighted by atomic mass is 9.93. The van der Waals surface area contributed by atoms with E-state index in [0.717, 1.165) is 16.5 Å². The third-order valence-electron chi connectivity index (χ3n) is 4.83. The lowest BCUT2D eigenvalue weighted by molar-refractivity contribution is 0.104. The minimum absolute atomic E-state index is 0.0418. The summed E-state index contributed by atoms with van der Waals surface area (Å²) in [6.07, 6.45) is 2.64. The molecule has 0 bridgehead atoms. The fraction of sp³-hybridized carbons (Fsp3) is 0.0400.